The van der Waals surface area contributed by atoms with Crippen molar-refractivity contribution in [2.75, 3.05) is 53.0 Å². The fourth-order valence-corrected chi connectivity index (χ4v) is 4.53. The molecule has 2 heterocycles. The maximum Gasteiger partial charge on any atom is 0.338 e. The summed E-state index contributed by atoms with van der Waals surface area (Å²) in [5, 5.41) is 2.88. The summed E-state index contributed by atoms with van der Waals surface area (Å²) in [6, 6.07) is 4.57. The molecular weight excluding hydrogens is 443 g/mol. The first-order valence-electron chi connectivity index (χ1n) is 11.5. The van der Waals surface area contributed by atoms with Gasteiger partial charge in [-0.2, -0.15) is 0 Å². The molecule has 34 heavy (non-hydrogen) atoms. The lowest BCUT2D eigenvalue weighted by molar-refractivity contribution is -0.139. The first-order valence-corrected chi connectivity index (χ1v) is 11.5. The Hall–Kier alpha value is -2.98. The number of carbonyl (C=O) groups is 3. The summed E-state index contributed by atoms with van der Waals surface area (Å²) in [5.74, 6) is -0.991. The highest BCUT2D eigenvalue weighted by Crippen LogP contribution is 2.32. The molecule has 3 rings (SSSR count). The van der Waals surface area contributed by atoms with E-state index in [0.717, 1.165) is 0 Å². The number of hydrogen-bond donors (Lipinski definition) is 1. The van der Waals surface area contributed by atoms with Crippen LogP contribution in [0.4, 0.5) is 9.18 Å². The van der Waals surface area contributed by atoms with E-state index in [1.807, 2.05) is 13.8 Å². The van der Waals surface area contributed by atoms with Gasteiger partial charge in [-0.3, -0.25) is 14.6 Å². The molecule has 1 fully saturated rings. The number of ether oxygens (including phenoxy) is 2. The molecule has 0 aromatic heterocycles. The van der Waals surface area contributed by atoms with Crippen LogP contribution in [0.1, 0.15) is 32.4 Å². The Morgan fingerprint density at radius 1 is 1.18 bits per heavy atom. The molecule has 0 aliphatic carbocycles. The van der Waals surface area contributed by atoms with Crippen molar-refractivity contribution >= 4 is 17.9 Å². The van der Waals surface area contributed by atoms with E-state index >= 15 is 0 Å². The Balaban J connectivity index is 1.95. The number of urea groups is 1. The molecule has 2 aliphatic heterocycles. The Morgan fingerprint density at radius 2 is 1.88 bits per heavy atom. The Bertz CT molecular complexity index is 936. The minimum atomic E-state index is -0.757. The SMILES string of the molecule is CCOC(=O)C1=C(CN2CCN(C(=O)COC)[C@@H](C)C2)N(CC)C(=O)N[C@@H]1c1ccc(F)cc1. The number of likely N-dealkylation sites (N-methyl/N-ethyl adjacent to an activating group) is 1. The lowest BCUT2D eigenvalue weighted by Crippen LogP contribution is -2.57. The number of carbonyl (C=O) groups excluding carboxylic acids is 3. The van der Waals surface area contributed by atoms with Gasteiger partial charge >= 0.3 is 12.0 Å². The maximum atomic E-state index is 13.5. The molecule has 1 saturated heterocycles. The molecule has 186 valence electrons. The van der Waals surface area contributed by atoms with E-state index in [9.17, 15) is 18.8 Å². The number of piperazine rings is 1. The highest BCUT2D eigenvalue weighted by molar-refractivity contribution is 5.95. The third kappa shape index (κ3) is 5.56. The third-order valence-corrected chi connectivity index (χ3v) is 6.13. The summed E-state index contributed by atoms with van der Waals surface area (Å²) in [7, 11) is 1.49. The van der Waals surface area contributed by atoms with E-state index in [2.05, 4.69) is 10.2 Å². The zero-order valence-electron chi connectivity index (χ0n) is 20.2. The van der Waals surface area contributed by atoms with Crippen LogP contribution in [-0.2, 0) is 19.1 Å². The van der Waals surface area contributed by atoms with Gasteiger partial charge < -0.3 is 19.7 Å². The van der Waals surface area contributed by atoms with Crippen LogP contribution in [0.3, 0.4) is 0 Å². The normalized spacial score (nSPS) is 21.5. The zero-order chi connectivity index (χ0) is 24.8. The Kier molecular flexibility index (Phi) is 8.62. The van der Waals surface area contributed by atoms with Gasteiger partial charge in [0.2, 0.25) is 5.91 Å². The van der Waals surface area contributed by atoms with Crippen LogP contribution in [0, 0.1) is 5.82 Å². The van der Waals surface area contributed by atoms with E-state index in [1.165, 1.54) is 19.2 Å². The van der Waals surface area contributed by atoms with Gasteiger partial charge in [0.1, 0.15) is 12.4 Å². The monoisotopic (exact) mass is 476 g/mol. The lowest BCUT2D eigenvalue weighted by atomic mass is 9.94. The first-order chi connectivity index (χ1) is 16.3. The average Bonchev–Trinajstić information content (AvgIpc) is 2.79. The van der Waals surface area contributed by atoms with Crippen molar-refractivity contribution in [2.24, 2.45) is 0 Å². The second-order valence-electron chi connectivity index (χ2n) is 8.36. The number of esters is 1. The van der Waals surface area contributed by atoms with Gasteiger partial charge in [-0.25, -0.2) is 14.0 Å². The molecule has 10 heteroatoms. The van der Waals surface area contributed by atoms with Gasteiger partial charge in [0.05, 0.1) is 18.2 Å². The number of benzene rings is 1. The molecule has 3 amide bonds. The molecule has 2 atom stereocenters. The minimum Gasteiger partial charge on any atom is -0.463 e. The van der Waals surface area contributed by atoms with Crippen molar-refractivity contribution in [3.05, 3.63) is 46.9 Å². The molecule has 1 aromatic rings. The van der Waals surface area contributed by atoms with Crippen molar-refractivity contribution < 1.29 is 28.2 Å². The first kappa shape index (κ1) is 25.6. The molecule has 9 nitrogen and oxygen atoms in total. The fourth-order valence-electron chi connectivity index (χ4n) is 4.53. The van der Waals surface area contributed by atoms with Crippen LogP contribution in [0.5, 0.6) is 0 Å². The summed E-state index contributed by atoms with van der Waals surface area (Å²) in [6.07, 6.45) is 0. The number of nitrogens with one attached hydrogen (secondary N) is 1. The van der Waals surface area contributed by atoms with Crippen LogP contribution in [0.25, 0.3) is 0 Å². The van der Waals surface area contributed by atoms with Crippen molar-refractivity contribution in [1.82, 2.24) is 20.0 Å². The molecule has 2 aliphatic rings. The molecule has 0 unspecified atom stereocenters. The standard InChI is InChI=1S/C24H33FN4O5/c1-5-28-19(14-27-11-12-29(16(3)13-27)20(30)15-33-4)21(23(31)34-6-2)22(26-24(28)32)17-7-9-18(25)10-8-17/h7-10,16,22H,5-6,11-15H2,1-4H3,(H,26,32)/t16-,22+/m0/s1. The molecule has 0 radical (unpaired) electrons. The number of halogens is 1. The van der Waals surface area contributed by atoms with Crippen LogP contribution >= 0.6 is 0 Å². The molecule has 0 spiro atoms. The van der Waals surface area contributed by atoms with E-state index in [4.69, 9.17) is 9.47 Å². The van der Waals surface area contributed by atoms with Crippen molar-refractivity contribution in [2.45, 2.75) is 32.9 Å². The number of hydrogen-bond acceptors (Lipinski definition) is 6. The van der Waals surface area contributed by atoms with Gasteiger partial charge in [-0.1, -0.05) is 12.1 Å². The van der Waals surface area contributed by atoms with E-state index in [0.29, 0.717) is 49.6 Å². The number of methoxy groups -OCH3 is 1. The zero-order valence-corrected chi connectivity index (χ0v) is 20.2. The van der Waals surface area contributed by atoms with Crippen molar-refractivity contribution in [3.8, 4) is 0 Å². The van der Waals surface area contributed by atoms with Crippen LogP contribution < -0.4 is 5.32 Å². The predicted molar refractivity (Wildman–Crippen MR) is 123 cm³/mol. The van der Waals surface area contributed by atoms with Crippen molar-refractivity contribution in [3.63, 3.8) is 0 Å². The number of rotatable bonds is 8. The average molecular weight is 477 g/mol. The highest BCUT2D eigenvalue weighted by atomic mass is 19.1. The quantitative estimate of drug-likeness (QED) is 0.577. The van der Waals surface area contributed by atoms with Crippen molar-refractivity contribution in [1.29, 1.82) is 0 Å². The highest BCUT2D eigenvalue weighted by Gasteiger charge is 2.39. The summed E-state index contributed by atoms with van der Waals surface area (Å²) in [6.45, 7) is 8.13. The van der Waals surface area contributed by atoms with E-state index in [1.54, 1.807) is 28.9 Å². The maximum absolute atomic E-state index is 13.5. The summed E-state index contributed by atoms with van der Waals surface area (Å²) >= 11 is 0. The second-order valence-corrected chi connectivity index (χ2v) is 8.36. The summed E-state index contributed by atoms with van der Waals surface area (Å²) in [4.78, 5) is 43.9. The van der Waals surface area contributed by atoms with Gasteiger partial charge in [-0.15, -0.1) is 0 Å². The van der Waals surface area contributed by atoms with Crippen LogP contribution in [0.2, 0.25) is 0 Å². The van der Waals surface area contributed by atoms with E-state index < -0.39 is 17.8 Å². The topological polar surface area (TPSA) is 91.4 Å². The lowest BCUT2D eigenvalue weighted by Gasteiger charge is -2.42. The number of amides is 3. The predicted octanol–water partition coefficient (Wildman–Crippen LogP) is 1.91. The second kappa shape index (κ2) is 11.4. The Labute approximate surface area is 199 Å². The van der Waals surface area contributed by atoms with Crippen LogP contribution in [-0.4, -0.2) is 91.7 Å². The minimum absolute atomic E-state index is 0.0334. The third-order valence-electron chi connectivity index (χ3n) is 6.13. The molecule has 0 saturated carbocycles. The van der Waals surface area contributed by atoms with E-state index in [-0.39, 0.29) is 31.2 Å². The molecular formula is C24H33FN4O5. The van der Waals surface area contributed by atoms with Gasteiger partial charge in [0.15, 0.2) is 0 Å². The summed E-state index contributed by atoms with van der Waals surface area (Å²) in [5.41, 5.74) is 1.48. The molecule has 1 aromatic carbocycles. The largest absolute Gasteiger partial charge is 0.463 e. The fraction of sp³-hybridized carbons (Fsp3) is 0.542. The molecule has 1 N–H and O–H groups in total. The molecule has 0 bridgehead atoms. The number of nitrogens with zero attached hydrogens (tertiary/aromatic N) is 3. The summed E-state index contributed by atoms with van der Waals surface area (Å²) < 4.78 is 23.9. The van der Waals surface area contributed by atoms with Gasteiger partial charge in [0.25, 0.3) is 0 Å². The van der Waals surface area contributed by atoms with Crippen LogP contribution in [0.15, 0.2) is 35.5 Å². The smallest absolute Gasteiger partial charge is 0.338 e. The van der Waals surface area contributed by atoms with Gasteiger partial charge in [0, 0.05) is 51.6 Å². The Morgan fingerprint density at radius 3 is 2.47 bits per heavy atom. The van der Waals surface area contributed by atoms with Gasteiger partial charge in [-0.05, 0) is 38.5 Å².